The van der Waals surface area contributed by atoms with Crippen molar-refractivity contribution in [1.29, 1.82) is 0 Å². The summed E-state index contributed by atoms with van der Waals surface area (Å²) in [6.07, 6.45) is 5.97. The highest BCUT2D eigenvalue weighted by Gasteiger charge is 2.19. The highest BCUT2D eigenvalue weighted by molar-refractivity contribution is 5.18. The Morgan fingerprint density at radius 1 is 1.54 bits per heavy atom. The van der Waals surface area contributed by atoms with Crippen molar-refractivity contribution in [1.82, 2.24) is 0 Å². The molecule has 13 heavy (non-hydrogen) atoms. The van der Waals surface area contributed by atoms with Crippen LogP contribution in [0.25, 0.3) is 0 Å². The van der Waals surface area contributed by atoms with E-state index in [1.165, 1.54) is 24.0 Å². The molecular weight excluding hydrogens is 164 g/mol. The molecule has 1 rings (SSSR count). The van der Waals surface area contributed by atoms with Crippen LogP contribution in [0, 0.1) is 0 Å². The monoisotopic (exact) mass is 184 g/mol. The summed E-state index contributed by atoms with van der Waals surface area (Å²) < 4.78 is 5.43. The smallest absolute Gasteiger partial charge is 0.0783 e. The van der Waals surface area contributed by atoms with Gasteiger partial charge in [-0.1, -0.05) is 12.0 Å². The van der Waals surface area contributed by atoms with Gasteiger partial charge in [0.25, 0.3) is 0 Å². The Morgan fingerprint density at radius 2 is 2.31 bits per heavy atom. The maximum absolute atomic E-state index is 8.85. The number of rotatable bonds is 3. The summed E-state index contributed by atoms with van der Waals surface area (Å²) in [6.45, 7) is 2.37. The first-order chi connectivity index (χ1) is 6.29. The Kier molecular flexibility index (Phi) is 4.46. The number of aliphatic hydroxyl groups is 1. The molecule has 1 N–H and O–H groups in total. The average molecular weight is 184 g/mol. The predicted molar refractivity (Wildman–Crippen MR) is 53.7 cm³/mol. The second kappa shape index (κ2) is 5.40. The van der Waals surface area contributed by atoms with Crippen molar-refractivity contribution in [2.45, 2.75) is 45.1 Å². The van der Waals surface area contributed by atoms with Gasteiger partial charge in [0, 0.05) is 13.7 Å². The molecule has 0 aromatic carbocycles. The van der Waals surface area contributed by atoms with E-state index in [1.807, 2.05) is 0 Å². The molecule has 2 heteroatoms. The van der Waals surface area contributed by atoms with E-state index in [0.29, 0.717) is 6.10 Å². The lowest BCUT2D eigenvalue weighted by Crippen LogP contribution is -2.19. The van der Waals surface area contributed by atoms with Crippen LogP contribution < -0.4 is 0 Å². The molecular formula is C11H20O2. The highest BCUT2D eigenvalue weighted by atomic mass is 16.5. The Bertz CT molecular complexity index is 185. The lowest BCUT2D eigenvalue weighted by atomic mass is 9.88. The normalized spacial score (nSPS) is 27.5. The molecule has 0 spiro atoms. The van der Waals surface area contributed by atoms with Crippen molar-refractivity contribution in [2.75, 3.05) is 13.7 Å². The molecule has 1 unspecified atom stereocenters. The molecule has 0 aliphatic heterocycles. The van der Waals surface area contributed by atoms with E-state index < -0.39 is 0 Å². The van der Waals surface area contributed by atoms with Gasteiger partial charge < -0.3 is 9.84 Å². The predicted octanol–water partition coefficient (Wildman–Crippen LogP) is 2.27. The lowest BCUT2D eigenvalue weighted by molar-refractivity contribution is 0.108. The van der Waals surface area contributed by atoms with E-state index in [2.05, 4.69) is 6.92 Å². The Labute approximate surface area is 80.6 Å². The summed E-state index contributed by atoms with van der Waals surface area (Å²) >= 11 is 0. The summed E-state index contributed by atoms with van der Waals surface area (Å²) in [7, 11) is 1.78. The molecule has 1 atom stereocenters. The summed E-state index contributed by atoms with van der Waals surface area (Å²) in [5, 5.41) is 8.85. The minimum atomic E-state index is 0.256. The third kappa shape index (κ3) is 2.82. The third-order valence-electron chi connectivity index (χ3n) is 2.87. The molecule has 0 aromatic heterocycles. The van der Waals surface area contributed by atoms with Crippen LogP contribution in [-0.4, -0.2) is 24.9 Å². The molecule has 2 nitrogen and oxygen atoms in total. The third-order valence-corrected chi connectivity index (χ3v) is 2.87. The molecule has 0 heterocycles. The average Bonchev–Trinajstić information content (AvgIpc) is 2.18. The second-order valence-corrected chi connectivity index (χ2v) is 3.75. The molecule has 0 bridgehead atoms. The van der Waals surface area contributed by atoms with E-state index in [1.54, 1.807) is 7.11 Å². The quantitative estimate of drug-likeness (QED) is 0.682. The van der Waals surface area contributed by atoms with Gasteiger partial charge in [0.1, 0.15) is 0 Å². The zero-order valence-electron chi connectivity index (χ0n) is 8.68. The number of methoxy groups -OCH3 is 1. The molecule has 76 valence electrons. The molecule has 1 aliphatic rings. The van der Waals surface area contributed by atoms with Gasteiger partial charge in [0.15, 0.2) is 0 Å². The van der Waals surface area contributed by atoms with Crippen molar-refractivity contribution < 1.29 is 9.84 Å². The Morgan fingerprint density at radius 3 is 2.92 bits per heavy atom. The number of aliphatic hydroxyl groups excluding tert-OH is 1. The van der Waals surface area contributed by atoms with Gasteiger partial charge in [-0.15, -0.1) is 0 Å². The minimum absolute atomic E-state index is 0.256. The van der Waals surface area contributed by atoms with Crippen LogP contribution in [0.1, 0.15) is 39.0 Å². The maximum atomic E-state index is 8.85. The maximum Gasteiger partial charge on any atom is 0.0783 e. The van der Waals surface area contributed by atoms with E-state index in [0.717, 1.165) is 19.3 Å². The summed E-state index contributed by atoms with van der Waals surface area (Å²) in [5.41, 5.74) is 2.76. The molecule has 0 saturated heterocycles. The number of ether oxygens (including phenoxy) is 1. The fourth-order valence-corrected chi connectivity index (χ4v) is 2.06. The van der Waals surface area contributed by atoms with Crippen molar-refractivity contribution >= 4 is 0 Å². The SMILES string of the molecule is COC1CCCC/C1=C(\C)CCO. The standard InChI is InChI=1S/C11H20O2/c1-9(7-8-12)10-5-3-4-6-11(10)13-2/h11-12H,3-8H2,1-2H3/b10-9-. The number of hydrogen-bond acceptors (Lipinski definition) is 2. The van der Waals surface area contributed by atoms with E-state index >= 15 is 0 Å². The molecule has 1 saturated carbocycles. The molecule has 0 aromatic rings. The van der Waals surface area contributed by atoms with E-state index in [4.69, 9.17) is 9.84 Å². The van der Waals surface area contributed by atoms with Crippen molar-refractivity contribution in [3.05, 3.63) is 11.1 Å². The molecule has 1 aliphatic carbocycles. The van der Waals surface area contributed by atoms with Crippen molar-refractivity contribution in [2.24, 2.45) is 0 Å². The van der Waals surface area contributed by atoms with Crippen LogP contribution in [0.15, 0.2) is 11.1 Å². The fraction of sp³-hybridized carbons (Fsp3) is 0.818. The first-order valence-electron chi connectivity index (χ1n) is 5.11. The molecule has 0 amide bonds. The van der Waals surface area contributed by atoms with E-state index in [9.17, 15) is 0 Å². The first kappa shape index (κ1) is 10.7. The summed E-state index contributed by atoms with van der Waals surface area (Å²) in [4.78, 5) is 0. The Balaban J connectivity index is 2.66. The Hall–Kier alpha value is -0.340. The lowest BCUT2D eigenvalue weighted by Gasteiger charge is -2.26. The van der Waals surface area contributed by atoms with Crippen LogP contribution in [0.3, 0.4) is 0 Å². The van der Waals surface area contributed by atoms with Gasteiger partial charge in [-0.2, -0.15) is 0 Å². The van der Waals surface area contributed by atoms with Crippen LogP contribution in [0.5, 0.6) is 0 Å². The zero-order valence-corrected chi connectivity index (χ0v) is 8.68. The second-order valence-electron chi connectivity index (χ2n) is 3.75. The first-order valence-corrected chi connectivity index (χ1v) is 5.11. The minimum Gasteiger partial charge on any atom is -0.396 e. The van der Waals surface area contributed by atoms with Crippen LogP contribution in [0.2, 0.25) is 0 Å². The van der Waals surface area contributed by atoms with Crippen molar-refractivity contribution in [3.63, 3.8) is 0 Å². The highest BCUT2D eigenvalue weighted by Crippen LogP contribution is 2.29. The van der Waals surface area contributed by atoms with Crippen LogP contribution >= 0.6 is 0 Å². The fourth-order valence-electron chi connectivity index (χ4n) is 2.06. The van der Waals surface area contributed by atoms with Gasteiger partial charge in [0.2, 0.25) is 0 Å². The zero-order chi connectivity index (χ0) is 9.68. The summed E-state index contributed by atoms with van der Waals surface area (Å²) in [5.74, 6) is 0. The van der Waals surface area contributed by atoms with Crippen LogP contribution in [-0.2, 0) is 4.74 Å². The largest absolute Gasteiger partial charge is 0.396 e. The van der Waals surface area contributed by atoms with Gasteiger partial charge in [-0.25, -0.2) is 0 Å². The number of hydrogen-bond donors (Lipinski definition) is 1. The molecule has 0 radical (unpaired) electrons. The topological polar surface area (TPSA) is 29.5 Å². The summed E-state index contributed by atoms with van der Waals surface area (Å²) in [6, 6.07) is 0. The molecule has 1 fully saturated rings. The van der Waals surface area contributed by atoms with Gasteiger partial charge in [-0.05, 0) is 38.2 Å². The van der Waals surface area contributed by atoms with Crippen molar-refractivity contribution in [3.8, 4) is 0 Å². The van der Waals surface area contributed by atoms with Gasteiger partial charge in [0.05, 0.1) is 6.10 Å². The van der Waals surface area contributed by atoms with E-state index in [-0.39, 0.29) is 6.61 Å². The van der Waals surface area contributed by atoms with Crippen LogP contribution in [0.4, 0.5) is 0 Å². The van der Waals surface area contributed by atoms with Gasteiger partial charge in [-0.3, -0.25) is 0 Å². The van der Waals surface area contributed by atoms with Gasteiger partial charge >= 0.3 is 0 Å².